The molecule has 126 valence electrons. The number of hydrogen-bond donors (Lipinski definition) is 1. The van der Waals surface area contributed by atoms with Crippen LogP contribution in [0.3, 0.4) is 0 Å². The zero-order chi connectivity index (χ0) is 16.7. The molecule has 1 aromatic carbocycles. The van der Waals surface area contributed by atoms with Crippen molar-refractivity contribution < 1.29 is 9.53 Å². The molecule has 0 unspecified atom stereocenters. The van der Waals surface area contributed by atoms with Gasteiger partial charge in [-0.25, -0.2) is 4.79 Å². The van der Waals surface area contributed by atoms with E-state index < -0.39 is 0 Å². The van der Waals surface area contributed by atoms with Crippen molar-refractivity contribution in [2.24, 2.45) is 0 Å². The molecule has 0 radical (unpaired) electrons. The topological polar surface area (TPSA) is 41.6 Å². The number of carbonyl (C=O) groups is 1. The van der Waals surface area contributed by atoms with Crippen LogP contribution >= 0.6 is 0 Å². The van der Waals surface area contributed by atoms with E-state index in [1.54, 1.807) is 7.11 Å². The van der Waals surface area contributed by atoms with Crippen LogP contribution in [-0.2, 0) is 11.2 Å². The number of anilines is 1. The van der Waals surface area contributed by atoms with Gasteiger partial charge in [0.1, 0.15) is 0 Å². The van der Waals surface area contributed by atoms with Gasteiger partial charge in [0.05, 0.1) is 5.60 Å². The summed E-state index contributed by atoms with van der Waals surface area (Å²) in [6.45, 7) is 7.39. The predicted molar refractivity (Wildman–Crippen MR) is 94.8 cm³/mol. The Kier molecular flexibility index (Phi) is 6.22. The number of amides is 2. The summed E-state index contributed by atoms with van der Waals surface area (Å²) >= 11 is 0. The van der Waals surface area contributed by atoms with Gasteiger partial charge in [-0.15, -0.1) is 6.58 Å². The van der Waals surface area contributed by atoms with Gasteiger partial charge < -0.3 is 15.0 Å². The van der Waals surface area contributed by atoms with Gasteiger partial charge in [0.25, 0.3) is 0 Å². The molecular formula is C19H28N2O2. The first-order valence-corrected chi connectivity index (χ1v) is 8.38. The van der Waals surface area contributed by atoms with Gasteiger partial charge in [0, 0.05) is 25.9 Å². The van der Waals surface area contributed by atoms with Crippen LogP contribution in [0.4, 0.5) is 10.5 Å². The molecule has 0 aromatic heterocycles. The number of rotatable bonds is 5. The number of urea groups is 1. The molecule has 2 amide bonds. The summed E-state index contributed by atoms with van der Waals surface area (Å²) in [6.07, 6.45) is 6.53. The summed E-state index contributed by atoms with van der Waals surface area (Å²) in [6, 6.07) is 7.97. The van der Waals surface area contributed by atoms with Crippen molar-refractivity contribution in [1.29, 1.82) is 0 Å². The molecule has 4 heteroatoms. The Morgan fingerprint density at radius 2 is 2.17 bits per heavy atom. The van der Waals surface area contributed by atoms with Gasteiger partial charge in [-0.1, -0.05) is 24.3 Å². The Balaban J connectivity index is 2.00. The number of likely N-dealkylation sites (tertiary alicyclic amines) is 1. The lowest BCUT2D eigenvalue weighted by molar-refractivity contribution is -0.00491. The lowest BCUT2D eigenvalue weighted by atomic mass is 9.97. The second-order valence-corrected chi connectivity index (χ2v) is 6.41. The van der Waals surface area contributed by atoms with E-state index in [1.165, 1.54) is 0 Å². The molecule has 2 rings (SSSR count). The van der Waals surface area contributed by atoms with E-state index in [4.69, 9.17) is 4.74 Å². The zero-order valence-corrected chi connectivity index (χ0v) is 14.3. The maximum Gasteiger partial charge on any atom is 0.321 e. The van der Waals surface area contributed by atoms with Crippen LogP contribution in [0, 0.1) is 0 Å². The van der Waals surface area contributed by atoms with E-state index in [2.05, 4.69) is 24.9 Å². The van der Waals surface area contributed by atoms with E-state index >= 15 is 0 Å². The van der Waals surface area contributed by atoms with Gasteiger partial charge >= 0.3 is 6.03 Å². The molecule has 1 fully saturated rings. The number of hydrogen-bond acceptors (Lipinski definition) is 2. The largest absolute Gasteiger partial charge is 0.378 e. The highest BCUT2D eigenvalue weighted by molar-refractivity contribution is 5.90. The first kappa shape index (κ1) is 17.5. The second-order valence-electron chi connectivity index (χ2n) is 6.41. The van der Waals surface area contributed by atoms with Gasteiger partial charge in [0.2, 0.25) is 0 Å². The summed E-state index contributed by atoms with van der Waals surface area (Å²) < 4.78 is 5.60. The van der Waals surface area contributed by atoms with E-state index in [-0.39, 0.29) is 11.6 Å². The molecule has 23 heavy (non-hydrogen) atoms. The minimum Gasteiger partial charge on any atom is -0.378 e. The number of carbonyl (C=O) groups excluding carboxylic acids is 1. The Hall–Kier alpha value is -1.81. The highest BCUT2D eigenvalue weighted by Crippen LogP contribution is 2.25. The molecule has 1 aromatic rings. The van der Waals surface area contributed by atoms with Crippen LogP contribution in [0.2, 0.25) is 0 Å². The average molecular weight is 316 g/mol. The van der Waals surface area contributed by atoms with Crippen molar-refractivity contribution >= 4 is 11.7 Å². The SMILES string of the molecule is C=CCCc1ccccc1NC(=O)N1CCC[C@](C)(OC)CC1. The first-order chi connectivity index (χ1) is 11.1. The van der Waals surface area contributed by atoms with Crippen molar-refractivity contribution in [3.63, 3.8) is 0 Å². The highest BCUT2D eigenvalue weighted by atomic mass is 16.5. The molecule has 0 spiro atoms. The molecule has 1 aliphatic rings. The quantitative estimate of drug-likeness (QED) is 0.826. The van der Waals surface area contributed by atoms with Gasteiger partial charge in [-0.05, 0) is 50.7 Å². The number of aryl methyl sites for hydroxylation is 1. The number of benzene rings is 1. The lowest BCUT2D eigenvalue weighted by Gasteiger charge is -2.26. The third-order valence-corrected chi connectivity index (χ3v) is 4.70. The minimum absolute atomic E-state index is 0.0172. The van der Waals surface area contributed by atoms with Crippen LogP contribution in [0.5, 0.6) is 0 Å². The van der Waals surface area contributed by atoms with Crippen molar-refractivity contribution in [3.8, 4) is 0 Å². The average Bonchev–Trinajstić information content (AvgIpc) is 2.76. The van der Waals surface area contributed by atoms with Gasteiger partial charge in [-0.3, -0.25) is 0 Å². The number of para-hydroxylation sites is 1. The van der Waals surface area contributed by atoms with E-state index in [0.29, 0.717) is 0 Å². The molecule has 1 N–H and O–H groups in total. The summed E-state index contributed by atoms with van der Waals surface area (Å²) in [4.78, 5) is 14.5. The summed E-state index contributed by atoms with van der Waals surface area (Å²) in [5.41, 5.74) is 1.94. The predicted octanol–water partition coefficient (Wildman–Crippen LogP) is 4.23. The van der Waals surface area contributed by atoms with E-state index in [1.807, 2.05) is 29.2 Å². The molecule has 1 atom stereocenters. The third kappa shape index (κ3) is 4.83. The summed E-state index contributed by atoms with van der Waals surface area (Å²) in [5, 5.41) is 3.07. The first-order valence-electron chi connectivity index (χ1n) is 8.38. The molecule has 4 nitrogen and oxygen atoms in total. The number of allylic oxidation sites excluding steroid dienone is 1. The standard InChI is InChI=1S/C19H28N2O2/c1-4-5-9-16-10-6-7-11-17(16)20-18(22)21-14-8-12-19(2,23-3)13-15-21/h4,6-7,10-11H,1,5,8-9,12-15H2,2-3H3,(H,20,22)/t19-/m0/s1. The Morgan fingerprint density at radius 1 is 1.39 bits per heavy atom. The normalized spacial score (nSPS) is 21.6. The summed E-state index contributed by atoms with van der Waals surface area (Å²) in [5.74, 6) is 0. The van der Waals surface area contributed by atoms with Crippen LogP contribution < -0.4 is 5.32 Å². The Labute approximate surface area is 139 Å². The van der Waals surface area contributed by atoms with Crippen molar-refractivity contribution in [2.45, 2.75) is 44.6 Å². The monoisotopic (exact) mass is 316 g/mol. The number of nitrogens with zero attached hydrogens (tertiary/aromatic N) is 1. The molecule has 1 saturated heterocycles. The maximum absolute atomic E-state index is 12.6. The van der Waals surface area contributed by atoms with Gasteiger partial charge in [0.15, 0.2) is 0 Å². The second kappa shape index (κ2) is 8.16. The van der Waals surface area contributed by atoms with Crippen LogP contribution in [0.15, 0.2) is 36.9 Å². The molecule has 1 aliphatic heterocycles. The fourth-order valence-electron chi connectivity index (χ4n) is 2.97. The van der Waals surface area contributed by atoms with Gasteiger partial charge in [-0.2, -0.15) is 0 Å². The summed E-state index contributed by atoms with van der Waals surface area (Å²) in [7, 11) is 1.76. The van der Waals surface area contributed by atoms with E-state index in [9.17, 15) is 4.79 Å². The minimum atomic E-state index is -0.114. The van der Waals surface area contributed by atoms with Crippen LogP contribution in [0.25, 0.3) is 0 Å². The number of nitrogens with one attached hydrogen (secondary N) is 1. The van der Waals surface area contributed by atoms with Crippen molar-refractivity contribution in [1.82, 2.24) is 4.90 Å². The molecule has 0 saturated carbocycles. The zero-order valence-electron chi connectivity index (χ0n) is 14.3. The van der Waals surface area contributed by atoms with E-state index in [0.717, 1.165) is 56.4 Å². The number of methoxy groups -OCH3 is 1. The molecule has 0 aliphatic carbocycles. The highest BCUT2D eigenvalue weighted by Gasteiger charge is 2.29. The lowest BCUT2D eigenvalue weighted by Crippen LogP contribution is -2.37. The molecule has 1 heterocycles. The smallest absolute Gasteiger partial charge is 0.321 e. The third-order valence-electron chi connectivity index (χ3n) is 4.70. The van der Waals surface area contributed by atoms with Crippen molar-refractivity contribution in [3.05, 3.63) is 42.5 Å². The van der Waals surface area contributed by atoms with Crippen LogP contribution in [-0.4, -0.2) is 36.7 Å². The Morgan fingerprint density at radius 3 is 2.91 bits per heavy atom. The fourth-order valence-corrected chi connectivity index (χ4v) is 2.97. The van der Waals surface area contributed by atoms with Crippen molar-refractivity contribution in [2.75, 3.05) is 25.5 Å². The fraction of sp³-hybridized carbons (Fsp3) is 0.526. The Bertz CT molecular complexity index is 544. The number of ether oxygens (including phenoxy) is 1. The molecular weight excluding hydrogens is 288 g/mol. The maximum atomic E-state index is 12.6. The van der Waals surface area contributed by atoms with Crippen LogP contribution in [0.1, 0.15) is 38.2 Å². The molecule has 0 bridgehead atoms.